The Morgan fingerprint density at radius 2 is 2.10 bits per heavy atom. The van der Waals surface area contributed by atoms with Crippen molar-refractivity contribution < 1.29 is 14.3 Å². The average molecular weight is 408 g/mol. The van der Waals surface area contributed by atoms with Crippen molar-refractivity contribution >= 4 is 23.1 Å². The Hall–Kier alpha value is -3.13. The van der Waals surface area contributed by atoms with Gasteiger partial charge in [0.25, 0.3) is 0 Å². The number of Topliss-reactive ketones (excluding diaryl/α,β-unsaturated/α-hetero) is 1. The highest BCUT2D eigenvalue weighted by atomic mass is 32.1. The predicted molar refractivity (Wildman–Crippen MR) is 110 cm³/mol. The van der Waals surface area contributed by atoms with E-state index in [0.717, 1.165) is 23.3 Å². The quantitative estimate of drug-likeness (QED) is 0.708. The van der Waals surface area contributed by atoms with Crippen LogP contribution in [0.25, 0.3) is 0 Å². The molecule has 1 aromatic carbocycles. The van der Waals surface area contributed by atoms with Gasteiger partial charge in [0.1, 0.15) is 23.9 Å². The van der Waals surface area contributed by atoms with Gasteiger partial charge in [-0.2, -0.15) is 10.1 Å². The van der Waals surface area contributed by atoms with E-state index in [1.807, 2.05) is 24.3 Å². The molecule has 3 aromatic rings. The number of allylic oxidation sites excluding steroid dienone is 2. The molecule has 1 N–H and O–H groups in total. The van der Waals surface area contributed by atoms with Gasteiger partial charge in [0, 0.05) is 34.0 Å². The number of hydrogen-bond acceptors (Lipinski definition) is 7. The second-order valence-electron chi connectivity index (χ2n) is 7.10. The van der Waals surface area contributed by atoms with E-state index in [2.05, 4.69) is 26.8 Å². The minimum Gasteiger partial charge on any atom is -0.497 e. The zero-order chi connectivity index (χ0) is 20.0. The third-order valence-corrected chi connectivity index (χ3v) is 6.57. The molecule has 0 radical (unpaired) electrons. The number of aromatic nitrogens is 3. The van der Waals surface area contributed by atoms with Crippen molar-refractivity contribution in [3.05, 3.63) is 63.7 Å². The number of anilines is 1. The van der Waals surface area contributed by atoms with Crippen LogP contribution >= 0.6 is 11.3 Å². The number of methoxy groups -OCH3 is 2. The number of carbonyl (C=O) groups is 1. The molecule has 0 unspecified atom stereocenters. The Balaban J connectivity index is 1.66. The highest BCUT2D eigenvalue weighted by Crippen LogP contribution is 2.46. The van der Waals surface area contributed by atoms with Gasteiger partial charge in [0.2, 0.25) is 5.95 Å². The van der Waals surface area contributed by atoms with E-state index >= 15 is 0 Å². The van der Waals surface area contributed by atoms with Crippen molar-refractivity contribution in [3.8, 4) is 11.5 Å². The number of ketones is 1. The van der Waals surface area contributed by atoms with Gasteiger partial charge in [-0.1, -0.05) is 6.07 Å². The molecule has 8 heteroatoms. The first-order valence-corrected chi connectivity index (χ1v) is 10.3. The predicted octanol–water partition coefficient (Wildman–Crippen LogP) is 3.77. The van der Waals surface area contributed by atoms with Crippen molar-refractivity contribution in [2.24, 2.45) is 0 Å². The van der Waals surface area contributed by atoms with E-state index in [-0.39, 0.29) is 11.7 Å². The van der Waals surface area contributed by atoms with Gasteiger partial charge >= 0.3 is 0 Å². The highest BCUT2D eigenvalue weighted by Gasteiger charge is 2.40. The zero-order valence-corrected chi connectivity index (χ0v) is 16.9. The van der Waals surface area contributed by atoms with Crippen LogP contribution in [-0.4, -0.2) is 34.8 Å². The Kier molecular flexibility index (Phi) is 4.35. The van der Waals surface area contributed by atoms with Gasteiger partial charge in [0.15, 0.2) is 5.78 Å². The largest absolute Gasteiger partial charge is 0.497 e. The van der Waals surface area contributed by atoms with E-state index < -0.39 is 6.04 Å². The first kappa shape index (κ1) is 17.9. The summed E-state index contributed by atoms with van der Waals surface area (Å²) in [6.45, 7) is 0. The summed E-state index contributed by atoms with van der Waals surface area (Å²) >= 11 is 1.69. The molecular weight excluding hydrogens is 388 g/mol. The molecule has 3 heterocycles. The van der Waals surface area contributed by atoms with Crippen LogP contribution in [0.3, 0.4) is 0 Å². The molecule has 0 fully saturated rings. The van der Waals surface area contributed by atoms with Crippen LogP contribution in [0.2, 0.25) is 0 Å². The molecule has 7 nitrogen and oxygen atoms in total. The number of rotatable bonds is 4. The van der Waals surface area contributed by atoms with E-state index in [1.54, 1.807) is 30.2 Å². The molecule has 0 saturated carbocycles. The van der Waals surface area contributed by atoms with Crippen molar-refractivity contribution in [3.63, 3.8) is 0 Å². The molecular formula is C21H20N4O3S. The first-order chi connectivity index (χ1) is 14.2. The lowest BCUT2D eigenvalue weighted by molar-refractivity contribution is -0.116. The summed E-state index contributed by atoms with van der Waals surface area (Å²) in [6.07, 6.45) is 2.74. The van der Waals surface area contributed by atoms with Crippen LogP contribution in [0.5, 0.6) is 11.5 Å². The van der Waals surface area contributed by atoms with Gasteiger partial charge < -0.3 is 14.8 Å². The summed E-state index contributed by atoms with van der Waals surface area (Å²) < 4.78 is 12.8. The minimum atomic E-state index is -0.411. The third-order valence-electron chi connectivity index (χ3n) is 5.54. The number of nitrogens with zero attached hydrogens (tertiary/aromatic N) is 3. The third kappa shape index (κ3) is 2.91. The smallest absolute Gasteiger partial charge is 0.226 e. The van der Waals surface area contributed by atoms with E-state index in [1.165, 1.54) is 11.2 Å². The van der Waals surface area contributed by atoms with Crippen molar-refractivity contribution in [2.75, 3.05) is 19.5 Å². The molecule has 29 heavy (non-hydrogen) atoms. The number of fused-ring (bicyclic) bond motifs is 1. The summed E-state index contributed by atoms with van der Waals surface area (Å²) in [5.74, 6) is 2.30. The van der Waals surface area contributed by atoms with Gasteiger partial charge in [-0.15, -0.1) is 11.3 Å². The highest BCUT2D eigenvalue weighted by molar-refractivity contribution is 7.10. The van der Waals surface area contributed by atoms with Gasteiger partial charge in [-0.05, 0) is 36.1 Å². The number of hydrogen-bond donors (Lipinski definition) is 1. The maximum Gasteiger partial charge on any atom is 0.226 e. The van der Waals surface area contributed by atoms with Crippen LogP contribution in [0, 0.1) is 0 Å². The molecule has 2 aromatic heterocycles. The molecule has 1 aliphatic carbocycles. The molecule has 2 atom stereocenters. The molecule has 2 aliphatic rings. The SMILES string of the molecule is COc1ccc(OC)c([C@@H]2C3=C(C[C@H](c4cccs4)CC3=O)Nc3ncnn32)c1. The lowest BCUT2D eigenvalue weighted by Gasteiger charge is -2.35. The summed E-state index contributed by atoms with van der Waals surface area (Å²) in [4.78, 5) is 19.0. The topological polar surface area (TPSA) is 78.3 Å². The number of carbonyl (C=O) groups excluding carboxylic acids is 1. The Morgan fingerprint density at radius 1 is 1.21 bits per heavy atom. The van der Waals surface area contributed by atoms with Gasteiger partial charge in [-0.25, -0.2) is 4.68 Å². The molecule has 5 rings (SSSR count). The van der Waals surface area contributed by atoms with Crippen molar-refractivity contribution in [1.29, 1.82) is 0 Å². The monoisotopic (exact) mass is 408 g/mol. The van der Waals surface area contributed by atoms with Crippen LogP contribution < -0.4 is 14.8 Å². The lowest BCUT2D eigenvalue weighted by Crippen LogP contribution is -2.33. The maximum atomic E-state index is 13.4. The lowest BCUT2D eigenvalue weighted by atomic mass is 9.80. The summed E-state index contributed by atoms with van der Waals surface area (Å²) in [6, 6.07) is 9.32. The molecule has 0 amide bonds. The molecule has 1 aliphatic heterocycles. The van der Waals surface area contributed by atoms with E-state index in [9.17, 15) is 4.79 Å². The van der Waals surface area contributed by atoms with Crippen LogP contribution in [0.15, 0.2) is 53.3 Å². The van der Waals surface area contributed by atoms with Crippen molar-refractivity contribution in [2.45, 2.75) is 24.8 Å². The number of nitrogens with one attached hydrogen (secondary N) is 1. The van der Waals surface area contributed by atoms with Crippen LogP contribution in [0.1, 0.15) is 35.2 Å². The summed E-state index contributed by atoms with van der Waals surface area (Å²) in [5, 5.41) is 9.80. The fourth-order valence-electron chi connectivity index (χ4n) is 4.22. The van der Waals surface area contributed by atoms with Crippen LogP contribution in [-0.2, 0) is 4.79 Å². The van der Waals surface area contributed by atoms with Gasteiger partial charge in [0.05, 0.1) is 14.2 Å². The maximum absolute atomic E-state index is 13.4. The summed E-state index contributed by atoms with van der Waals surface area (Å²) in [5.41, 5.74) is 2.47. The number of benzene rings is 1. The van der Waals surface area contributed by atoms with E-state index in [0.29, 0.717) is 23.9 Å². The fraction of sp³-hybridized carbons (Fsp3) is 0.286. The number of thiophene rings is 1. The molecule has 0 spiro atoms. The fourth-order valence-corrected chi connectivity index (χ4v) is 5.05. The Bertz CT molecular complexity index is 1100. The van der Waals surface area contributed by atoms with Crippen LogP contribution in [0.4, 0.5) is 5.95 Å². The van der Waals surface area contributed by atoms with Gasteiger partial charge in [-0.3, -0.25) is 4.79 Å². The second kappa shape index (κ2) is 7.04. The number of ether oxygens (including phenoxy) is 2. The normalized spacial score (nSPS) is 20.7. The first-order valence-electron chi connectivity index (χ1n) is 9.37. The second-order valence-corrected chi connectivity index (χ2v) is 8.08. The average Bonchev–Trinajstić information content (AvgIpc) is 3.43. The Morgan fingerprint density at radius 3 is 2.86 bits per heavy atom. The molecule has 0 bridgehead atoms. The minimum absolute atomic E-state index is 0.119. The van der Waals surface area contributed by atoms with E-state index in [4.69, 9.17) is 9.47 Å². The summed E-state index contributed by atoms with van der Waals surface area (Å²) in [7, 11) is 3.25. The molecule has 0 saturated heterocycles. The standard InChI is InChI=1S/C21H20N4O3S/c1-27-13-5-6-17(28-2)14(10-13)20-19-15(24-21-22-11-23-25(20)21)8-12(9-16(19)26)18-4-3-7-29-18/h3-7,10-12,20H,8-9H2,1-2H3,(H,22,23,24)/t12-,20+/m0/s1. The Labute approximate surface area is 172 Å². The molecule has 148 valence electrons. The van der Waals surface area contributed by atoms with Crippen molar-refractivity contribution in [1.82, 2.24) is 14.8 Å². The zero-order valence-electron chi connectivity index (χ0n) is 16.1.